The molecular weight excluding hydrogens is 671 g/mol. The fourth-order valence-corrected chi connectivity index (χ4v) is 8.27. The van der Waals surface area contributed by atoms with Crippen molar-refractivity contribution in [1.82, 2.24) is 0 Å². The maximum Gasteiger partial charge on any atom is 0.143 e. The van der Waals surface area contributed by atoms with Crippen LogP contribution < -0.4 is 4.90 Å². The van der Waals surface area contributed by atoms with Crippen LogP contribution in [0, 0.1) is 0 Å². The maximum atomic E-state index is 6.43. The maximum absolute atomic E-state index is 6.43. The molecule has 0 N–H and O–H groups in total. The molecular formula is C52H33NO2. The zero-order valence-corrected chi connectivity index (χ0v) is 29.8. The van der Waals surface area contributed by atoms with E-state index >= 15 is 0 Å². The number of fused-ring (bicyclic) bond motifs is 7. The Bertz CT molecular complexity index is 3200. The molecule has 2 aromatic heterocycles. The van der Waals surface area contributed by atoms with E-state index in [0.717, 1.165) is 83.2 Å². The van der Waals surface area contributed by atoms with E-state index in [9.17, 15) is 0 Å². The summed E-state index contributed by atoms with van der Waals surface area (Å²) in [5, 5.41) is 6.97. The molecule has 3 heteroatoms. The summed E-state index contributed by atoms with van der Waals surface area (Å²) in [5.41, 5.74) is 13.6. The molecule has 258 valence electrons. The van der Waals surface area contributed by atoms with Crippen molar-refractivity contribution >= 4 is 71.7 Å². The van der Waals surface area contributed by atoms with Crippen molar-refractivity contribution in [2.75, 3.05) is 4.90 Å². The largest absolute Gasteiger partial charge is 0.456 e. The van der Waals surface area contributed by atoms with E-state index in [2.05, 4.69) is 181 Å². The molecule has 0 amide bonds. The number of furan rings is 2. The van der Waals surface area contributed by atoms with E-state index < -0.39 is 0 Å². The Balaban J connectivity index is 1.06. The average molecular weight is 704 g/mol. The number of anilines is 3. The van der Waals surface area contributed by atoms with Crippen molar-refractivity contribution in [1.29, 1.82) is 0 Å². The molecule has 11 rings (SSSR count). The van der Waals surface area contributed by atoms with Crippen molar-refractivity contribution in [3.8, 4) is 33.4 Å². The summed E-state index contributed by atoms with van der Waals surface area (Å²) in [4.78, 5) is 2.37. The van der Waals surface area contributed by atoms with E-state index in [1.165, 1.54) is 21.9 Å². The van der Waals surface area contributed by atoms with E-state index in [4.69, 9.17) is 8.83 Å². The standard InChI is InChI=1S/C52H33NO2/c1-2-13-40-34(11-1)12-9-17-41(40)35-23-28-38(29-24-35)53(39-30-25-36(26-31-39)43-18-10-19-46-44-15-4-8-22-50(44)55-52(43)46)48-20-6-3-14-42(48)37-27-32-51-47(33-37)45-16-5-7-21-49(45)54-51/h1-33H. The number of benzene rings is 9. The Hall–Kier alpha value is -7.36. The van der Waals surface area contributed by atoms with Crippen LogP contribution in [0.4, 0.5) is 17.1 Å². The predicted molar refractivity (Wildman–Crippen MR) is 229 cm³/mol. The first-order valence-electron chi connectivity index (χ1n) is 18.7. The van der Waals surface area contributed by atoms with Crippen molar-refractivity contribution < 1.29 is 8.83 Å². The summed E-state index contributed by atoms with van der Waals surface area (Å²) < 4.78 is 12.6. The van der Waals surface area contributed by atoms with Gasteiger partial charge in [-0.15, -0.1) is 0 Å². The number of hydrogen-bond donors (Lipinski definition) is 0. The van der Waals surface area contributed by atoms with Gasteiger partial charge < -0.3 is 13.7 Å². The predicted octanol–water partition coefficient (Wildman–Crippen LogP) is 15.1. The fraction of sp³-hybridized carbons (Fsp3) is 0. The first-order valence-corrected chi connectivity index (χ1v) is 18.7. The topological polar surface area (TPSA) is 29.5 Å². The van der Waals surface area contributed by atoms with Crippen LogP contribution in [0.5, 0.6) is 0 Å². The summed E-state index contributed by atoms with van der Waals surface area (Å²) in [6.45, 7) is 0. The van der Waals surface area contributed by atoms with Crippen molar-refractivity contribution in [2.24, 2.45) is 0 Å². The Labute approximate surface area is 317 Å². The third kappa shape index (κ3) is 5.20. The third-order valence-electron chi connectivity index (χ3n) is 10.9. The van der Waals surface area contributed by atoms with E-state index in [1.807, 2.05) is 24.3 Å². The molecule has 2 heterocycles. The molecule has 0 bridgehead atoms. The summed E-state index contributed by atoms with van der Waals surface area (Å²) in [5.74, 6) is 0. The lowest BCUT2D eigenvalue weighted by molar-refractivity contribution is 0.669. The number of nitrogens with zero attached hydrogens (tertiary/aromatic N) is 1. The monoisotopic (exact) mass is 703 g/mol. The summed E-state index contributed by atoms with van der Waals surface area (Å²) in [7, 11) is 0. The minimum Gasteiger partial charge on any atom is -0.456 e. The van der Waals surface area contributed by atoms with Gasteiger partial charge in [-0.25, -0.2) is 0 Å². The zero-order valence-electron chi connectivity index (χ0n) is 29.8. The van der Waals surface area contributed by atoms with Crippen LogP contribution in [0.1, 0.15) is 0 Å². The smallest absolute Gasteiger partial charge is 0.143 e. The molecule has 0 fully saturated rings. The van der Waals surface area contributed by atoms with Crippen LogP contribution in [0.3, 0.4) is 0 Å². The van der Waals surface area contributed by atoms with Gasteiger partial charge in [0.2, 0.25) is 0 Å². The quantitative estimate of drug-likeness (QED) is 0.173. The number of rotatable bonds is 6. The second-order valence-electron chi connectivity index (χ2n) is 14.1. The van der Waals surface area contributed by atoms with Gasteiger partial charge in [0.25, 0.3) is 0 Å². The van der Waals surface area contributed by atoms with Gasteiger partial charge in [0.05, 0.1) is 5.69 Å². The highest BCUT2D eigenvalue weighted by Gasteiger charge is 2.20. The highest BCUT2D eigenvalue weighted by molar-refractivity contribution is 6.10. The molecule has 3 nitrogen and oxygen atoms in total. The van der Waals surface area contributed by atoms with Gasteiger partial charge in [0, 0.05) is 44.0 Å². The van der Waals surface area contributed by atoms with Crippen LogP contribution >= 0.6 is 0 Å². The van der Waals surface area contributed by atoms with Gasteiger partial charge in [-0.05, 0) is 87.6 Å². The van der Waals surface area contributed by atoms with Gasteiger partial charge in [-0.1, -0.05) is 146 Å². The molecule has 0 spiro atoms. The minimum absolute atomic E-state index is 0.887. The molecule has 9 aromatic carbocycles. The Morgan fingerprint density at radius 2 is 0.818 bits per heavy atom. The van der Waals surface area contributed by atoms with Crippen LogP contribution in [-0.4, -0.2) is 0 Å². The van der Waals surface area contributed by atoms with Gasteiger partial charge in [-0.2, -0.15) is 0 Å². The fourth-order valence-electron chi connectivity index (χ4n) is 8.27. The van der Waals surface area contributed by atoms with Gasteiger partial charge in [0.15, 0.2) is 0 Å². The van der Waals surface area contributed by atoms with Gasteiger partial charge in [0.1, 0.15) is 22.3 Å². The first-order chi connectivity index (χ1) is 27.3. The summed E-state index contributed by atoms with van der Waals surface area (Å²) in [6.07, 6.45) is 0. The van der Waals surface area contributed by atoms with Crippen LogP contribution in [-0.2, 0) is 0 Å². The highest BCUT2D eigenvalue weighted by Crippen LogP contribution is 2.44. The normalized spacial score (nSPS) is 11.6. The zero-order chi connectivity index (χ0) is 36.3. The molecule has 0 radical (unpaired) electrons. The molecule has 0 aliphatic carbocycles. The van der Waals surface area contributed by atoms with Crippen LogP contribution in [0.15, 0.2) is 209 Å². The van der Waals surface area contributed by atoms with Crippen LogP contribution in [0.2, 0.25) is 0 Å². The van der Waals surface area contributed by atoms with E-state index in [1.54, 1.807) is 0 Å². The summed E-state index contributed by atoms with van der Waals surface area (Å²) >= 11 is 0. The van der Waals surface area contributed by atoms with Gasteiger partial charge in [-0.3, -0.25) is 0 Å². The average Bonchev–Trinajstić information content (AvgIpc) is 3.83. The molecule has 0 saturated heterocycles. The molecule has 0 aliphatic heterocycles. The van der Waals surface area contributed by atoms with E-state index in [0.29, 0.717) is 0 Å². The Kier molecular flexibility index (Phi) is 7.17. The lowest BCUT2D eigenvalue weighted by Gasteiger charge is -2.28. The summed E-state index contributed by atoms with van der Waals surface area (Å²) in [6, 6.07) is 71.1. The van der Waals surface area contributed by atoms with Crippen molar-refractivity contribution in [3.63, 3.8) is 0 Å². The number of para-hydroxylation sites is 4. The Morgan fingerprint density at radius 1 is 0.309 bits per heavy atom. The SMILES string of the molecule is c1ccc(N(c2ccc(-c3cccc4ccccc34)cc2)c2ccc(-c3cccc4c3oc3ccccc34)cc2)c(-c2ccc3oc4ccccc4c3c2)c1. The van der Waals surface area contributed by atoms with Crippen molar-refractivity contribution in [2.45, 2.75) is 0 Å². The first kappa shape index (κ1) is 31.2. The second kappa shape index (κ2) is 12.6. The van der Waals surface area contributed by atoms with Crippen molar-refractivity contribution in [3.05, 3.63) is 200 Å². The second-order valence-corrected chi connectivity index (χ2v) is 14.1. The van der Waals surface area contributed by atoms with E-state index in [-0.39, 0.29) is 0 Å². The molecule has 0 aliphatic rings. The lowest BCUT2D eigenvalue weighted by Crippen LogP contribution is -2.11. The Morgan fingerprint density at radius 3 is 1.60 bits per heavy atom. The molecule has 11 aromatic rings. The molecule has 0 atom stereocenters. The molecule has 0 saturated carbocycles. The third-order valence-corrected chi connectivity index (χ3v) is 10.9. The minimum atomic E-state index is 0.887. The molecule has 55 heavy (non-hydrogen) atoms. The van der Waals surface area contributed by atoms with Crippen LogP contribution in [0.25, 0.3) is 88.0 Å². The molecule has 0 unspecified atom stereocenters. The van der Waals surface area contributed by atoms with Gasteiger partial charge >= 0.3 is 0 Å². The number of hydrogen-bond acceptors (Lipinski definition) is 3. The lowest BCUT2D eigenvalue weighted by atomic mass is 9.97. The highest BCUT2D eigenvalue weighted by atomic mass is 16.3.